The second kappa shape index (κ2) is 22.8. The van der Waals surface area contributed by atoms with E-state index in [0.717, 1.165) is 13.1 Å². The Morgan fingerprint density at radius 3 is 1.33 bits per heavy atom. The van der Waals surface area contributed by atoms with Gasteiger partial charge in [0.1, 0.15) is 0 Å². The van der Waals surface area contributed by atoms with Crippen molar-refractivity contribution in [2.24, 2.45) is 0 Å². The van der Waals surface area contributed by atoms with Crippen molar-refractivity contribution in [3.05, 3.63) is 5.32 Å². The second-order valence-electron chi connectivity index (χ2n) is 1.36. The fraction of sp³-hybridized carbons (Fsp3) is 1.00. The molecule has 0 spiro atoms. The molecule has 0 amide bonds. The van der Waals surface area contributed by atoms with Gasteiger partial charge in [0, 0.05) is 0 Å². The van der Waals surface area contributed by atoms with Gasteiger partial charge in [-0.2, -0.15) is 13.1 Å². The van der Waals surface area contributed by atoms with Gasteiger partial charge in [0.05, 0.1) is 0 Å². The van der Waals surface area contributed by atoms with Gasteiger partial charge >= 0.3 is 31.0 Å². The van der Waals surface area contributed by atoms with E-state index in [0.29, 0.717) is 0 Å². The Kier molecular flexibility index (Phi) is 42.3. The maximum atomic E-state index is 3.97. The van der Waals surface area contributed by atoms with Crippen LogP contribution in [-0.4, -0.2) is 34.2 Å². The van der Waals surface area contributed by atoms with E-state index in [4.69, 9.17) is 0 Å². The molecule has 1 nitrogen and oxygen atoms in total. The van der Waals surface area contributed by atoms with Crippen LogP contribution in [0.25, 0.3) is 5.32 Å². The van der Waals surface area contributed by atoms with E-state index in [-0.39, 0.29) is 38.1 Å². The first kappa shape index (κ1) is 16.7. The van der Waals surface area contributed by atoms with Crippen LogP contribution in [0, 0.1) is 0 Å². The summed E-state index contributed by atoms with van der Waals surface area (Å²) in [5, 5.41) is 3.97. The van der Waals surface area contributed by atoms with E-state index < -0.39 is 0 Å². The SMILES string of the molecule is CC[N-]CC.[Br-].[CH3][Sn+2][CH3]. The first-order chi connectivity index (χ1) is 3.83. The average Bonchev–Trinajstić information content (AvgIpc) is 1.71. The molecule has 0 rings (SSSR count). The zero-order valence-electron chi connectivity index (χ0n) is 6.74. The normalized spacial score (nSPS) is 5.78. The molecule has 0 saturated heterocycles. The maximum absolute atomic E-state index is 3.97. The minimum absolute atomic E-state index is 0. The van der Waals surface area contributed by atoms with Crippen molar-refractivity contribution in [1.82, 2.24) is 0 Å². The minimum atomic E-state index is 0. The second-order valence-corrected chi connectivity index (χ2v) is 4.21. The first-order valence-electron chi connectivity index (χ1n) is 3.05. The van der Waals surface area contributed by atoms with Crippen molar-refractivity contribution >= 4 is 21.1 Å². The third kappa shape index (κ3) is 46.2. The molecule has 3 heteroatoms. The molecule has 0 bridgehead atoms. The molecule has 0 aromatic rings. The molecule has 0 aliphatic rings. The summed E-state index contributed by atoms with van der Waals surface area (Å²) in [6.45, 7) is 6.03. The molecule has 0 aromatic carbocycles. The summed E-state index contributed by atoms with van der Waals surface area (Å²) in [4.78, 5) is 4.59. The molecule has 0 heterocycles. The van der Waals surface area contributed by atoms with Crippen molar-refractivity contribution < 1.29 is 17.0 Å². The van der Waals surface area contributed by atoms with E-state index in [1.165, 1.54) is 0 Å². The molecule has 0 aliphatic heterocycles. The van der Waals surface area contributed by atoms with Crippen LogP contribution in [0.15, 0.2) is 0 Å². The Hall–Kier alpha value is 1.24. The van der Waals surface area contributed by atoms with E-state index in [2.05, 4.69) is 15.2 Å². The quantitative estimate of drug-likeness (QED) is 0.593. The number of hydrogen-bond donors (Lipinski definition) is 0. The van der Waals surface area contributed by atoms with Gasteiger partial charge in [-0.05, 0) is 0 Å². The Balaban J connectivity index is -0.0000000800. The topological polar surface area (TPSA) is 14.1 Å². The molecule has 0 fully saturated rings. The molecule has 0 saturated carbocycles. The Morgan fingerprint density at radius 1 is 1.11 bits per heavy atom. The Labute approximate surface area is 80.0 Å². The van der Waals surface area contributed by atoms with Crippen LogP contribution in [0.3, 0.4) is 0 Å². The zero-order chi connectivity index (χ0) is 6.83. The third-order valence-corrected chi connectivity index (χ3v) is 0.447. The molecule has 9 heavy (non-hydrogen) atoms. The van der Waals surface area contributed by atoms with Crippen molar-refractivity contribution in [2.45, 2.75) is 23.7 Å². The molecule has 56 valence electrons. The summed E-state index contributed by atoms with van der Waals surface area (Å²) in [6.07, 6.45) is 0. The number of rotatable bonds is 2. The van der Waals surface area contributed by atoms with Crippen molar-refractivity contribution in [3.8, 4) is 0 Å². The number of nitrogens with zero attached hydrogens (tertiary/aromatic N) is 1. The summed E-state index contributed by atoms with van der Waals surface area (Å²) in [7, 11) is 0. The van der Waals surface area contributed by atoms with E-state index in [9.17, 15) is 0 Å². The van der Waals surface area contributed by atoms with Gasteiger partial charge < -0.3 is 22.3 Å². The van der Waals surface area contributed by atoms with Crippen molar-refractivity contribution in [3.63, 3.8) is 0 Å². The molecule has 0 aromatic heterocycles. The number of hydrogen-bond acceptors (Lipinski definition) is 0. The third-order valence-electron chi connectivity index (χ3n) is 0.447. The van der Waals surface area contributed by atoms with Gasteiger partial charge in [0.2, 0.25) is 0 Å². The summed E-state index contributed by atoms with van der Waals surface area (Å²) in [5.74, 6) is 0. The van der Waals surface area contributed by atoms with E-state index in [1.54, 1.807) is 0 Å². The standard InChI is InChI=1S/C4H10N.2CH3.BrH.Sn/c1-3-5-4-2;;;;/h3-4H2,1-2H3;2*1H3;1H;/q-1;;;;+2/p-1. The van der Waals surface area contributed by atoms with Crippen LogP contribution in [-0.2, 0) is 0 Å². The average molecular weight is 301 g/mol. The Bertz CT molecular complexity index is 27.0. The van der Waals surface area contributed by atoms with Crippen molar-refractivity contribution in [2.75, 3.05) is 13.1 Å². The zero-order valence-corrected chi connectivity index (χ0v) is 11.2. The molecule has 0 radical (unpaired) electrons. The van der Waals surface area contributed by atoms with Crippen LogP contribution in [0.2, 0.25) is 9.88 Å². The molecule has 0 unspecified atom stereocenters. The van der Waals surface area contributed by atoms with Crippen LogP contribution in [0.1, 0.15) is 13.8 Å². The van der Waals surface area contributed by atoms with E-state index >= 15 is 0 Å². The first-order valence-corrected chi connectivity index (χ1v) is 8.75. The van der Waals surface area contributed by atoms with Gasteiger partial charge in [-0.1, -0.05) is 13.8 Å². The molecular weight excluding hydrogens is 285 g/mol. The fourth-order valence-corrected chi connectivity index (χ4v) is 0.224. The van der Waals surface area contributed by atoms with Gasteiger partial charge in [-0.3, -0.25) is 0 Å². The number of halogens is 1. The van der Waals surface area contributed by atoms with Crippen LogP contribution in [0.4, 0.5) is 0 Å². The van der Waals surface area contributed by atoms with E-state index in [1.807, 2.05) is 13.8 Å². The van der Waals surface area contributed by atoms with Crippen LogP contribution < -0.4 is 17.0 Å². The van der Waals surface area contributed by atoms with Crippen LogP contribution >= 0.6 is 0 Å². The predicted octanol–water partition coefficient (Wildman–Crippen LogP) is -0.809. The van der Waals surface area contributed by atoms with Crippen molar-refractivity contribution in [1.29, 1.82) is 0 Å². The van der Waals surface area contributed by atoms with Gasteiger partial charge in [-0.25, -0.2) is 0 Å². The molecule has 0 aliphatic carbocycles. The summed E-state index contributed by atoms with van der Waals surface area (Å²) < 4.78 is 0. The Morgan fingerprint density at radius 2 is 1.33 bits per heavy atom. The predicted molar refractivity (Wildman–Crippen MR) is 41.9 cm³/mol. The fourth-order valence-electron chi connectivity index (χ4n) is 0.224. The summed E-state index contributed by atoms with van der Waals surface area (Å²) in [6, 6.07) is 0. The molecular formula is C6H16BrNSn. The van der Waals surface area contributed by atoms with Gasteiger partial charge in [-0.15, -0.1) is 0 Å². The molecule has 0 atom stereocenters. The summed E-state index contributed by atoms with van der Waals surface area (Å²) in [5.41, 5.74) is 0. The van der Waals surface area contributed by atoms with Crippen LogP contribution in [0.5, 0.6) is 0 Å². The monoisotopic (exact) mass is 301 g/mol. The van der Waals surface area contributed by atoms with Gasteiger partial charge in [0.15, 0.2) is 0 Å². The summed E-state index contributed by atoms with van der Waals surface area (Å²) >= 11 is 0.230. The molecule has 0 N–H and O–H groups in total. The van der Waals surface area contributed by atoms with Gasteiger partial charge in [0.25, 0.3) is 0 Å².